The van der Waals surface area contributed by atoms with E-state index < -0.39 is 0 Å². The molecule has 7 heteroatoms. The molecule has 0 aliphatic carbocycles. The van der Waals surface area contributed by atoms with Gasteiger partial charge in [-0.25, -0.2) is 9.98 Å². The van der Waals surface area contributed by atoms with Gasteiger partial charge < -0.3 is 19.8 Å². The molecule has 0 radical (unpaired) electrons. The highest BCUT2D eigenvalue weighted by atomic mass is 127. The van der Waals surface area contributed by atoms with Crippen LogP contribution in [0.15, 0.2) is 46.1 Å². The van der Waals surface area contributed by atoms with Crippen molar-refractivity contribution in [1.82, 2.24) is 15.6 Å². The van der Waals surface area contributed by atoms with Crippen molar-refractivity contribution in [2.24, 2.45) is 4.99 Å². The molecule has 2 aromatic heterocycles. The summed E-state index contributed by atoms with van der Waals surface area (Å²) < 4.78 is 10.8. The van der Waals surface area contributed by atoms with Crippen LogP contribution in [0.1, 0.15) is 25.2 Å². The van der Waals surface area contributed by atoms with Crippen molar-refractivity contribution < 1.29 is 9.15 Å². The lowest BCUT2D eigenvalue weighted by atomic mass is 10.3. The standard InChI is InChI=1S/C16H22N4O2.HI/c1-3-17-16(20-12-14-8-6-10-22-14)19-11-13-7-5-9-18-15(13)21-4-2;/h5-10H,3-4,11-12H2,1-2H3,(H2,17,19,20);1H. The van der Waals surface area contributed by atoms with E-state index in [-0.39, 0.29) is 24.0 Å². The predicted molar refractivity (Wildman–Crippen MR) is 101 cm³/mol. The van der Waals surface area contributed by atoms with E-state index in [1.54, 1.807) is 12.5 Å². The van der Waals surface area contributed by atoms with E-state index in [0.717, 1.165) is 23.8 Å². The summed E-state index contributed by atoms with van der Waals surface area (Å²) >= 11 is 0. The number of furan rings is 1. The first-order valence-electron chi connectivity index (χ1n) is 7.44. The van der Waals surface area contributed by atoms with Crippen LogP contribution in [0.4, 0.5) is 0 Å². The first-order chi connectivity index (χ1) is 10.8. The number of hydrogen-bond acceptors (Lipinski definition) is 4. The van der Waals surface area contributed by atoms with Gasteiger partial charge in [0.05, 0.1) is 26.0 Å². The van der Waals surface area contributed by atoms with Gasteiger partial charge >= 0.3 is 0 Å². The molecule has 0 aliphatic rings. The summed E-state index contributed by atoms with van der Waals surface area (Å²) in [6.45, 7) is 6.43. The van der Waals surface area contributed by atoms with Gasteiger partial charge in [0.1, 0.15) is 5.76 Å². The van der Waals surface area contributed by atoms with Gasteiger partial charge in [0.15, 0.2) is 5.96 Å². The van der Waals surface area contributed by atoms with Crippen LogP contribution in [-0.4, -0.2) is 24.1 Å². The predicted octanol–water partition coefficient (Wildman–Crippen LogP) is 2.95. The van der Waals surface area contributed by atoms with Gasteiger partial charge in [-0.05, 0) is 32.0 Å². The molecule has 23 heavy (non-hydrogen) atoms. The van der Waals surface area contributed by atoms with Gasteiger partial charge in [0, 0.05) is 18.3 Å². The maximum atomic E-state index is 5.51. The minimum atomic E-state index is 0. The van der Waals surface area contributed by atoms with E-state index >= 15 is 0 Å². The molecular weight excluding hydrogens is 407 g/mol. The smallest absolute Gasteiger partial charge is 0.218 e. The molecule has 2 heterocycles. The first-order valence-corrected chi connectivity index (χ1v) is 7.44. The molecule has 0 atom stereocenters. The Morgan fingerprint density at radius 1 is 1.26 bits per heavy atom. The zero-order valence-electron chi connectivity index (χ0n) is 13.4. The number of guanidine groups is 1. The molecule has 2 rings (SSSR count). The van der Waals surface area contributed by atoms with Crippen LogP contribution >= 0.6 is 24.0 Å². The summed E-state index contributed by atoms with van der Waals surface area (Å²) in [7, 11) is 0. The number of halogens is 1. The number of pyridine rings is 1. The van der Waals surface area contributed by atoms with Crippen molar-refractivity contribution in [3.05, 3.63) is 48.0 Å². The zero-order valence-corrected chi connectivity index (χ0v) is 15.7. The molecule has 2 N–H and O–H groups in total. The van der Waals surface area contributed by atoms with Crippen LogP contribution in [-0.2, 0) is 13.1 Å². The van der Waals surface area contributed by atoms with Crippen LogP contribution in [0.25, 0.3) is 0 Å². The number of nitrogens with one attached hydrogen (secondary N) is 2. The van der Waals surface area contributed by atoms with E-state index in [9.17, 15) is 0 Å². The Labute approximate surface area is 153 Å². The summed E-state index contributed by atoms with van der Waals surface area (Å²) in [5.41, 5.74) is 0.958. The maximum Gasteiger partial charge on any atom is 0.218 e. The van der Waals surface area contributed by atoms with E-state index in [4.69, 9.17) is 9.15 Å². The Bertz CT molecular complexity index is 588. The average molecular weight is 430 g/mol. The Kier molecular flexibility index (Phi) is 9.11. The molecule has 0 saturated heterocycles. The quantitative estimate of drug-likeness (QED) is 0.402. The molecule has 0 aromatic carbocycles. The molecular formula is C16H23IN4O2. The molecule has 0 saturated carbocycles. The van der Waals surface area contributed by atoms with Gasteiger partial charge in [-0.2, -0.15) is 0 Å². The lowest BCUT2D eigenvalue weighted by Crippen LogP contribution is -2.36. The normalized spacial score (nSPS) is 10.8. The van der Waals surface area contributed by atoms with Gasteiger partial charge in [-0.15, -0.1) is 24.0 Å². The van der Waals surface area contributed by atoms with Crippen molar-refractivity contribution >= 4 is 29.9 Å². The van der Waals surface area contributed by atoms with E-state index in [1.807, 2.05) is 38.1 Å². The van der Waals surface area contributed by atoms with Crippen LogP contribution in [0.2, 0.25) is 0 Å². The molecule has 0 fully saturated rings. The fourth-order valence-corrected chi connectivity index (χ4v) is 1.90. The van der Waals surface area contributed by atoms with Gasteiger partial charge in [-0.3, -0.25) is 0 Å². The van der Waals surface area contributed by atoms with Crippen molar-refractivity contribution in [2.45, 2.75) is 26.9 Å². The summed E-state index contributed by atoms with van der Waals surface area (Å²) in [6, 6.07) is 7.64. The number of nitrogens with zero attached hydrogens (tertiary/aromatic N) is 2. The van der Waals surface area contributed by atoms with Crippen LogP contribution in [0, 0.1) is 0 Å². The number of hydrogen-bond donors (Lipinski definition) is 2. The minimum Gasteiger partial charge on any atom is -0.478 e. The van der Waals surface area contributed by atoms with E-state index in [0.29, 0.717) is 25.6 Å². The Morgan fingerprint density at radius 3 is 2.83 bits per heavy atom. The number of aliphatic imine (C=N–C) groups is 1. The molecule has 0 amide bonds. The summed E-state index contributed by atoms with van der Waals surface area (Å²) in [5.74, 6) is 2.22. The zero-order chi connectivity index (χ0) is 15.6. The lowest BCUT2D eigenvalue weighted by molar-refractivity contribution is 0.323. The SMILES string of the molecule is CCNC(=NCc1cccnc1OCC)NCc1ccco1.I. The van der Waals surface area contributed by atoms with Crippen LogP contribution < -0.4 is 15.4 Å². The Hall–Kier alpha value is -1.77. The third kappa shape index (κ3) is 6.47. The highest BCUT2D eigenvalue weighted by molar-refractivity contribution is 14.0. The number of rotatable bonds is 7. The van der Waals surface area contributed by atoms with Gasteiger partial charge in [-0.1, -0.05) is 6.07 Å². The number of ether oxygens (including phenoxy) is 1. The van der Waals surface area contributed by atoms with Crippen molar-refractivity contribution in [2.75, 3.05) is 13.2 Å². The molecule has 6 nitrogen and oxygen atoms in total. The minimum absolute atomic E-state index is 0. The molecule has 2 aromatic rings. The first kappa shape index (κ1) is 19.3. The van der Waals surface area contributed by atoms with Crippen molar-refractivity contribution in [3.63, 3.8) is 0 Å². The Morgan fingerprint density at radius 2 is 2.13 bits per heavy atom. The second kappa shape index (κ2) is 10.9. The van der Waals surface area contributed by atoms with Crippen molar-refractivity contribution in [1.29, 1.82) is 0 Å². The molecule has 0 bridgehead atoms. The fourth-order valence-electron chi connectivity index (χ4n) is 1.90. The van der Waals surface area contributed by atoms with Crippen LogP contribution in [0.5, 0.6) is 5.88 Å². The van der Waals surface area contributed by atoms with Gasteiger partial charge in [0.25, 0.3) is 0 Å². The second-order valence-electron chi connectivity index (χ2n) is 4.53. The highest BCUT2D eigenvalue weighted by Crippen LogP contribution is 2.15. The van der Waals surface area contributed by atoms with Gasteiger partial charge in [0.2, 0.25) is 5.88 Å². The monoisotopic (exact) mass is 430 g/mol. The average Bonchev–Trinajstić information content (AvgIpc) is 3.05. The van der Waals surface area contributed by atoms with Crippen molar-refractivity contribution in [3.8, 4) is 5.88 Å². The molecule has 0 spiro atoms. The van der Waals surface area contributed by atoms with E-state index in [2.05, 4.69) is 20.6 Å². The maximum absolute atomic E-state index is 5.51. The molecule has 0 aliphatic heterocycles. The van der Waals surface area contributed by atoms with E-state index in [1.165, 1.54) is 0 Å². The summed E-state index contributed by atoms with van der Waals surface area (Å²) in [4.78, 5) is 8.79. The second-order valence-corrected chi connectivity index (χ2v) is 4.53. The van der Waals surface area contributed by atoms with Crippen LogP contribution in [0.3, 0.4) is 0 Å². The highest BCUT2D eigenvalue weighted by Gasteiger charge is 2.05. The lowest BCUT2D eigenvalue weighted by Gasteiger charge is -2.11. The number of aromatic nitrogens is 1. The Balaban J connectivity index is 0.00000264. The summed E-state index contributed by atoms with van der Waals surface area (Å²) in [6.07, 6.45) is 3.38. The fraction of sp³-hybridized carbons (Fsp3) is 0.375. The molecule has 0 unspecified atom stereocenters. The third-order valence-electron chi connectivity index (χ3n) is 2.89. The summed E-state index contributed by atoms with van der Waals surface area (Å²) in [5, 5.41) is 6.43. The topological polar surface area (TPSA) is 71.7 Å². The largest absolute Gasteiger partial charge is 0.478 e. The molecule has 126 valence electrons. The third-order valence-corrected chi connectivity index (χ3v) is 2.89.